The smallest absolute Gasteiger partial charge is 0.155 e. The number of nitrogens with zero attached hydrogens (tertiary/aromatic N) is 2. The first kappa shape index (κ1) is 14.9. The molecule has 0 saturated heterocycles. The number of imidazole rings is 1. The van der Waals surface area contributed by atoms with E-state index in [1.807, 2.05) is 0 Å². The molecule has 1 aromatic heterocycles. The van der Waals surface area contributed by atoms with Crippen LogP contribution in [0.3, 0.4) is 0 Å². The Morgan fingerprint density at radius 1 is 0.909 bits per heavy atom. The van der Waals surface area contributed by atoms with Crippen molar-refractivity contribution in [2.45, 2.75) is 0 Å². The Bertz CT molecular complexity index is 842. The lowest BCUT2D eigenvalue weighted by Gasteiger charge is -2.11. The molecule has 0 amide bonds. The van der Waals surface area contributed by atoms with E-state index in [-0.39, 0.29) is 27.1 Å². The summed E-state index contributed by atoms with van der Waals surface area (Å²) in [5.41, 5.74) is -0.417. The summed E-state index contributed by atoms with van der Waals surface area (Å²) in [5, 5.41) is 0.0597. The Labute approximate surface area is 133 Å². The normalized spacial score (nSPS) is 11.0. The van der Waals surface area contributed by atoms with Crippen LogP contribution in [0.5, 0.6) is 0 Å². The zero-order chi connectivity index (χ0) is 15.9. The van der Waals surface area contributed by atoms with E-state index < -0.39 is 17.5 Å². The fourth-order valence-electron chi connectivity index (χ4n) is 2.13. The largest absolute Gasteiger partial charge is 0.294 e. The molecule has 2 nitrogen and oxygen atoms in total. The quantitative estimate of drug-likeness (QED) is 0.620. The van der Waals surface area contributed by atoms with Crippen molar-refractivity contribution in [3.63, 3.8) is 0 Å². The number of aromatic nitrogens is 2. The van der Waals surface area contributed by atoms with E-state index >= 15 is 0 Å². The summed E-state index contributed by atoms with van der Waals surface area (Å²) in [6.45, 7) is 0. The molecule has 0 unspecified atom stereocenters. The lowest BCUT2D eigenvalue weighted by Crippen LogP contribution is -2.01. The molecule has 22 heavy (non-hydrogen) atoms. The zero-order valence-electron chi connectivity index (χ0n) is 10.8. The highest BCUT2D eigenvalue weighted by atomic mass is 35.5. The molecule has 0 fully saturated rings. The van der Waals surface area contributed by atoms with E-state index in [1.165, 1.54) is 29.1 Å². The lowest BCUT2D eigenvalue weighted by molar-refractivity contribution is 0.586. The predicted octanol–water partition coefficient (Wildman–Crippen LogP) is 5.26. The van der Waals surface area contributed by atoms with Crippen LogP contribution in [0.1, 0.15) is 0 Å². The summed E-state index contributed by atoms with van der Waals surface area (Å²) in [7, 11) is 0. The maximum atomic E-state index is 14.1. The van der Waals surface area contributed by atoms with Crippen molar-refractivity contribution in [1.82, 2.24) is 9.55 Å². The summed E-state index contributed by atoms with van der Waals surface area (Å²) in [4.78, 5) is 3.81. The Morgan fingerprint density at radius 3 is 2.23 bits per heavy atom. The summed E-state index contributed by atoms with van der Waals surface area (Å²) in [6, 6.07) is 7.32. The maximum absolute atomic E-state index is 14.1. The fourth-order valence-corrected chi connectivity index (χ4v) is 2.52. The first-order chi connectivity index (χ1) is 10.5. The fraction of sp³-hybridized carbons (Fsp3) is 0. The molecule has 0 atom stereocenters. The molecule has 0 aliphatic carbocycles. The highest BCUT2D eigenvalue weighted by molar-refractivity contribution is 6.32. The Balaban J connectivity index is 2.29. The molecule has 0 bridgehead atoms. The van der Waals surface area contributed by atoms with Gasteiger partial charge in [-0.15, -0.1) is 0 Å². The van der Waals surface area contributed by atoms with Gasteiger partial charge in [0.05, 0.1) is 16.9 Å². The molecule has 2 aromatic carbocycles. The van der Waals surface area contributed by atoms with Crippen LogP contribution >= 0.6 is 23.2 Å². The molecule has 0 saturated carbocycles. The minimum atomic E-state index is -0.821. The standard InChI is InChI=1S/C15H7Cl2F3N2/c16-8-4-5-12(11(20)6-8)22-7-21-15(17)14(22)13-9(18)2-1-3-10(13)19/h1-7H. The highest BCUT2D eigenvalue weighted by Gasteiger charge is 2.21. The van der Waals surface area contributed by atoms with Gasteiger partial charge in [-0.2, -0.15) is 0 Å². The van der Waals surface area contributed by atoms with E-state index in [9.17, 15) is 13.2 Å². The number of hydrogen-bond acceptors (Lipinski definition) is 1. The topological polar surface area (TPSA) is 17.8 Å². The second kappa shape index (κ2) is 5.66. The van der Waals surface area contributed by atoms with Gasteiger partial charge in [-0.1, -0.05) is 29.3 Å². The number of halogens is 5. The third-order valence-corrected chi connectivity index (χ3v) is 3.60. The van der Waals surface area contributed by atoms with Crippen LogP contribution in [0.25, 0.3) is 16.9 Å². The molecule has 0 aliphatic rings. The summed E-state index contributed by atoms with van der Waals surface area (Å²) in [5.74, 6) is -2.31. The SMILES string of the molecule is Fc1cc(Cl)ccc1-n1cnc(Cl)c1-c1c(F)cccc1F. The molecule has 7 heteroatoms. The Hall–Kier alpha value is -1.98. The average molecular weight is 343 g/mol. The van der Waals surface area contributed by atoms with Crippen LogP contribution in [0.4, 0.5) is 13.2 Å². The molecule has 3 rings (SSSR count). The Morgan fingerprint density at radius 2 is 1.59 bits per heavy atom. The summed E-state index contributed by atoms with van der Waals surface area (Å²) >= 11 is 11.6. The van der Waals surface area contributed by atoms with Crippen molar-refractivity contribution in [2.75, 3.05) is 0 Å². The van der Waals surface area contributed by atoms with Crippen molar-refractivity contribution in [3.05, 3.63) is 70.4 Å². The minimum Gasteiger partial charge on any atom is -0.294 e. The van der Waals surface area contributed by atoms with Gasteiger partial charge in [0.2, 0.25) is 0 Å². The van der Waals surface area contributed by atoms with Gasteiger partial charge >= 0.3 is 0 Å². The second-order valence-corrected chi connectivity index (χ2v) is 5.24. The third kappa shape index (κ3) is 2.46. The maximum Gasteiger partial charge on any atom is 0.155 e. The van der Waals surface area contributed by atoms with Crippen LogP contribution in [0.15, 0.2) is 42.7 Å². The van der Waals surface area contributed by atoms with Gasteiger partial charge in [0, 0.05) is 5.02 Å². The predicted molar refractivity (Wildman–Crippen MR) is 78.9 cm³/mol. The molecule has 0 radical (unpaired) electrons. The van der Waals surface area contributed by atoms with Crippen LogP contribution in [0, 0.1) is 17.5 Å². The van der Waals surface area contributed by atoms with Crippen molar-refractivity contribution in [3.8, 4) is 16.9 Å². The van der Waals surface area contributed by atoms with Gasteiger partial charge in [-0.05, 0) is 30.3 Å². The zero-order valence-corrected chi connectivity index (χ0v) is 12.3. The molecular formula is C15H7Cl2F3N2. The second-order valence-electron chi connectivity index (χ2n) is 4.45. The first-order valence-corrected chi connectivity index (χ1v) is 6.87. The summed E-state index contributed by atoms with van der Waals surface area (Å²) in [6.07, 6.45) is 1.19. The molecular weight excluding hydrogens is 336 g/mol. The van der Waals surface area contributed by atoms with Crippen molar-refractivity contribution in [1.29, 1.82) is 0 Å². The molecule has 0 spiro atoms. The van der Waals surface area contributed by atoms with E-state index in [0.717, 1.165) is 18.2 Å². The first-order valence-electron chi connectivity index (χ1n) is 6.11. The average Bonchev–Trinajstić information content (AvgIpc) is 2.81. The van der Waals surface area contributed by atoms with Gasteiger partial charge < -0.3 is 0 Å². The van der Waals surface area contributed by atoms with Crippen LogP contribution in [0.2, 0.25) is 10.2 Å². The third-order valence-electron chi connectivity index (χ3n) is 3.09. The number of benzene rings is 2. The van der Waals surface area contributed by atoms with Gasteiger partial charge in [0.15, 0.2) is 5.15 Å². The van der Waals surface area contributed by atoms with E-state index in [1.54, 1.807) is 0 Å². The molecule has 1 heterocycles. The molecule has 0 aliphatic heterocycles. The van der Waals surface area contributed by atoms with Gasteiger partial charge in [0.25, 0.3) is 0 Å². The Kier molecular flexibility index (Phi) is 3.85. The van der Waals surface area contributed by atoms with Crippen molar-refractivity contribution >= 4 is 23.2 Å². The molecule has 112 valence electrons. The van der Waals surface area contributed by atoms with Gasteiger partial charge in [-0.25, -0.2) is 18.2 Å². The van der Waals surface area contributed by atoms with Crippen molar-refractivity contribution < 1.29 is 13.2 Å². The van der Waals surface area contributed by atoms with E-state index in [0.29, 0.717) is 0 Å². The van der Waals surface area contributed by atoms with Crippen molar-refractivity contribution in [2.24, 2.45) is 0 Å². The lowest BCUT2D eigenvalue weighted by atomic mass is 10.1. The summed E-state index contributed by atoms with van der Waals surface area (Å²) < 4.78 is 43.3. The van der Waals surface area contributed by atoms with Gasteiger partial charge in [0.1, 0.15) is 23.8 Å². The monoisotopic (exact) mass is 342 g/mol. The van der Waals surface area contributed by atoms with Crippen LogP contribution < -0.4 is 0 Å². The number of rotatable bonds is 2. The van der Waals surface area contributed by atoms with Crippen LogP contribution in [-0.4, -0.2) is 9.55 Å². The van der Waals surface area contributed by atoms with Crippen LogP contribution in [-0.2, 0) is 0 Å². The van der Waals surface area contributed by atoms with E-state index in [2.05, 4.69) is 4.98 Å². The minimum absolute atomic E-state index is 0.0291. The van der Waals surface area contributed by atoms with E-state index in [4.69, 9.17) is 23.2 Å². The highest BCUT2D eigenvalue weighted by Crippen LogP contribution is 2.34. The molecule has 0 N–H and O–H groups in total. The molecule has 3 aromatic rings. The van der Waals surface area contributed by atoms with Gasteiger partial charge in [-0.3, -0.25) is 4.57 Å². The number of hydrogen-bond donors (Lipinski definition) is 0.